The van der Waals surface area contributed by atoms with Crippen molar-refractivity contribution in [1.82, 2.24) is 14.9 Å². The van der Waals surface area contributed by atoms with E-state index in [0.717, 1.165) is 17.4 Å². The summed E-state index contributed by atoms with van der Waals surface area (Å²) in [5.41, 5.74) is -4.19. The van der Waals surface area contributed by atoms with Gasteiger partial charge in [0.15, 0.2) is 10.9 Å². The van der Waals surface area contributed by atoms with E-state index >= 15 is 8.78 Å². The van der Waals surface area contributed by atoms with Crippen LogP contribution in [0.5, 0.6) is 0 Å². The van der Waals surface area contributed by atoms with Gasteiger partial charge in [-0.25, -0.2) is 13.8 Å². The quantitative estimate of drug-likeness (QED) is 0.399. The molecule has 5 rings (SSSR count). The van der Waals surface area contributed by atoms with Crippen molar-refractivity contribution >= 4 is 39.3 Å². The maximum Gasteiger partial charge on any atom is 0.417 e. The largest absolute Gasteiger partial charge is 0.417 e. The molecule has 1 aromatic carbocycles. The molecule has 0 spiro atoms. The molecule has 2 aliphatic heterocycles. The number of H-pyrrole nitrogens is 1. The second kappa shape index (κ2) is 11.4. The number of hydrogen-bond donors (Lipinski definition) is 2. The Morgan fingerprint density at radius 1 is 1.19 bits per heavy atom. The van der Waals surface area contributed by atoms with Crippen LogP contribution in [0, 0.1) is 23.0 Å². The van der Waals surface area contributed by atoms with Crippen molar-refractivity contribution in [1.29, 1.82) is 5.26 Å². The van der Waals surface area contributed by atoms with Crippen LogP contribution >= 0.6 is 11.3 Å². The number of likely N-dealkylation sites (N-methyl/N-ethyl adjacent to an activating group) is 1. The molecule has 0 bridgehead atoms. The first-order valence-corrected chi connectivity index (χ1v) is 14.0. The van der Waals surface area contributed by atoms with E-state index in [4.69, 9.17) is 5.26 Å². The van der Waals surface area contributed by atoms with E-state index in [2.05, 4.69) is 20.2 Å². The lowest BCUT2D eigenvalue weighted by Crippen LogP contribution is -2.55. The molecule has 2 N–H and O–H groups in total. The molecule has 9 nitrogen and oxygen atoms in total. The summed E-state index contributed by atoms with van der Waals surface area (Å²) in [6, 6.07) is 3.23. The lowest BCUT2D eigenvalue weighted by Gasteiger charge is -2.44. The zero-order valence-corrected chi connectivity index (χ0v) is 24.0. The van der Waals surface area contributed by atoms with Gasteiger partial charge in [-0.05, 0) is 26.5 Å². The van der Waals surface area contributed by atoms with Crippen molar-refractivity contribution in [3.8, 4) is 6.07 Å². The zero-order chi connectivity index (χ0) is 31.2. The number of hydrogen-bond acceptors (Lipinski definition) is 8. The molecule has 2 atom stereocenters. The minimum absolute atomic E-state index is 0.0223. The number of benzene rings is 1. The summed E-state index contributed by atoms with van der Waals surface area (Å²) >= 11 is 1.12. The summed E-state index contributed by atoms with van der Waals surface area (Å²) in [6.45, 7) is 4.79. The number of alkyl halides is 3. The van der Waals surface area contributed by atoms with Gasteiger partial charge in [-0.15, -0.1) is 0 Å². The van der Waals surface area contributed by atoms with E-state index in [1.54, 1.807) is 15.9 Å². The average Bonchev–Trinajstić information content (AvgIpc) is 3.62. The maximum atomic E-state index is 16.4. The van der Waals surface area contributed by atoms with Crippen LogP contribution in [0.1, 0.15) is 40.2 Å². The number of amides is 1. The molecule has 43 heavy (non-hydrogen) atoms. The molecule has 226 valence electrons. The van der Waals surface area contributed by atoms with Crippen molar-refractivity contribution in [2.45, 2.75) is 32.1 Å². The predicted octanol–water partition coefficient (Wildman–Crippen LogP) is 4.68. The fourth-order valence-corrected chi connectivity index (χ4v) is 6.01. The Morgan fingerprint density at radius 3 is 2.51 bits per heavy atom. The van der Waals surface area contributed by atoms with Gasteiger partial charge in [0.1, 0.15) is 22.5 Å². The maximum absolute atomic E-state index is 16.4. The van der Waals surface area contributed by atoms with Gasteiger partial charge >= 0.3 is 6.18 Å². The molecule has 0 aliphatic carbocycles. The molecule has 15 heteroatoms. The molecule has 1 saturated heterocycles. The highest BCUT2D eigenvalue weighted by Gasteiger charge is 2.37. The van der Waals surface area contributed by atoms with E-state index in [1.165, 1.54) is 6.20 Å². The standard InChI is InChI=1S/C28H26F5N7O2S/c1-14-11-40(12-15(2)38(14)3)21-7-20(29)23(16-4-5-39(13-16)27-36-9-17(8-34)43-27)24(30)25(21)37-26(42)18-10-35-22(41)6-19(18)28(31,32)33/h4,6-7,9-10,14-15H,5,11-13H2,1-3H3,(H,35,41)(H,37,42). The van der Waals surface area contributed by atoms with Crippen LogP contribution in [-0.4, -0.2) is 66.1 Å². The number of piperazine rings is 1. The number of nitriles is 1. The fraction of sp³-hybridized carbons (Fsp3) is 0.357. The van der Waals surface area contributed by atoms with Crippen molar-refractivity contribution in [3.63, 3.8) is 0 Å². The molecular weight excluding hydrogens is 593 g/mol. The molecule has 2 aliphatic rings. The number of aromatic amines is 1. The molecule has 1 amide bonds. The summed E-state index contributed by atoms with van der Waals surface area (Å²) in [7, 11) is 1.91. The highest BCUT2D eigenvalue weighted by Crippen LogP contribution is 2.40. The minimum Gasteiger partial charge on any atom is -0.367 e. The van der Waals surface area contributed by atoms with E-state index in [1.807, 2.05) is 27.0 Å². The zero-order valence-electron chi connectivity index (χ0n) is 23.2. The van der Waals surface area contributed by atoms with Gasteiger partial charge in [0.25, 0.3) is 5.91 Å². The van der Waals surface area contributed by atoms with Crippen LogP contribution in [0.15, 0.2) is 35.4 Å². The van der Waals surface area contributed by atoms with Gasteiger partial charge < -0.3 is 20.1 Å². The number of rotatable bonds is 5. The first kappa shape index (κ1) is 30.2. The summed E-state index contributed by atoms with van der Waals surface area (Å²) < 4.78 is 73.4. The smallest absolute Gasteiger partial charge is 0.367 e. The Kier molecular flexibility index (Phi) is 8.01. The number of carbonyl (C=O) groups is 1. The lowest BCUT2D eigenvalue weighted by molar-refractivity contribution is -0.138. The second-order valence-electron chi connectivity index (χ2n) is 10.5. The number of carbonyl (C=O) groups excluding carboxylic acids is 1. The highest BCUT2D eigenvalue weighted by atomic mass is 32.1. The number of aromatic nitrogens is 2. The van der Waals surface area contributed by atoms with Crippen molar-refractivity contribution in [2.75, 3.05) is 48.3 Å². The number of nitrogens with one attached hydrogen (secondary N) is 2. The topological polar surface area (TPSA) is 108 Å². The Morgan fingerprint density at radius 2 is 1.88 bits per heavy atom. The molecular formula is C28H26F5N7O2S. The molecule has 2 aromatic heterocycles. The fourth-order valence-electron chi connectivity index (χ4n) is 5.29. The first-order chi connectivity index (χ1) is 20.3. The minimum atomic E-state index is -5.04. The Labute approximate surface area is 246 Å². The molecule has 0 saturated carbocycles. The summed E-state index contributed by atoms with van der Waals surface area (Å²) in [5, 5.41) is 11.8. The van der Waals surface area contributed by atoms with E-state index in [-0.39, 0.29) is 42.5 Å². The SMILES string of the molecule is CC1CN(c2cc(F)c(C3=CCN(c4ncc(C#N)s4)C3)c(F)c2NC(=O)c2c[nH]c(=O)cc2C(F)(F)F)CC(C)N1C. The van der Waals surface area contributed by atoms with Crippen molar-refractivity contribution < 1.29 is 26.7 Å². The molecule has 4 heterocycles. The average molecular weight is 620 g/mol. The van der Waals surface area contributed by atoms with Crippen LogP contribution in [-0.2, 0) is 6.18 Å². The van der Waals surface area contributed by atoms with Crippen LogP contribution in [0.3, 0.4) is 0 Å². The van der Waals surface area contributed by atoms with Crippen molar-refractivity contribution in [2.24, 2.45) is 0 Å². The van der Waals surface area contributed by atoms with Gasteiger partial charge in [0, 0.05) is 56.6 Å². The van der Waals surface area contributed by atoms with Crippen LogP contribution in [0.25, 0.3) is 5.57 Å². The van der Waals surface area contributed by atoms with Crippen LogP contribution in [0.2, 0.25) is 0 Å². The van der Waals surface area contributed by atoms with Gasteiger partial charge in [0.2, 0.25) is 5.56 Å². The van der Waals surface area contributed by atoms with Gasteiger partial charge in [0.05, 0.1) is 28.6 Å². The highest BCUT2D eigenvalue weighted by molar-refractivity contribution is 7.16. The number of nitrogens with zero attached hydrogens (tertiary/aromatic N) is 5. The normalized spacial score (nSPS) is 19.4. The summed E-state index contributed by atoms with van der Waals surface area (Å²) in [4.78, 5) is 37.0. The van der Waals surface area contributed by atoms with Crippen LogP contribution < -0.4 is 20.7 Å². The second-order valence-corrected chi connectivity index (χ2v) is 11.5. The Hall–Kier alpha value is -4.29. The molecule has 1 fully saturated rings. The number of halogens is 5. The van der Waals surface area contributed by atoms with Gasteiger partial charge in [-0.2, -0.15) is 18.4 Å². The third-order valence-corrected chi connectivity index (χ3v) is 8.69. The van der Waals surface area contributed by atoms with E-state index < -0.39 is 51.7 Å². The third kappa shape index (κ3) is 5.84. The lowest BCUT2D eigenvalue weighted by atomic mass is 10.0. The third-order valence-electron chi connectivity index (χ3n) is 7.73. The molecule has 0 radical (unpaired) electrons. The Balaban J connectivity index is 1.57. The Bertz CT molecular complexity index is 1700. The van der Waals surface area contributed by atoms with E-state index in [9.17, 15) is 22.8 Å². The summed E-state index contributed by atoms with van der Waals surface area (Å²) in [5.74, 6) is -3.38. The molecule has 2 unspecified atom stereocenters. The van der Waals surface area contributed by atoms with E-state index in [0.29, 0.717) is 29.3 Å². The first-order valence-electron chi connectivity index (χ1n) is 13.2. The van der Waals surface area contributed by atoms with Crippen LogP contribution in [0.4, 0.5) is 38.5 Å². The number of anilines is 3. The number of pyridine rings is 1. The van der Waals surface area contributed by atoms with Gasteiger partial charge in [-0.3, -0.25) is 14.5 Å². The number of thiazole rings is 1. The summed E-state index contributed by atoms with van der Waals surface area (Å²) in [6.07, 6.45) is -1.45. The monoisotopic (exact) mass is 619 g/mol. The molecule has 3 aromatic rings. The predicted molar refractivity (Wildman–Crippen MR) is 152 cm³/mol. The van der Waals surface area contributed by atoms with Gasteiger partial charge in [-0.1, -0.05) is 17.4 Å². The van der Waals surface area contributed by atoms with Crippen molar-refractivity contribution in [3.05, 3.63) is 74.2 Å².